The van der Waals surface area contributed by atoms with Crippen LogP contribution in [0.3, 0.4) is 0 Å². The molecule has 1 N–H and O–H groups in total. The number of likely N-dealkylation sites (N-methyl/N-ethyl adjacent to an activating group) is 1. The molecule has 0 spiro atoms. The number of aromatic nitrogens is 2. The summed E-state index contributed by atoms with van der Waals surface area (Å²) in [5, 5.41) is 5.06. The standard InChI is InChI=1S/C14H18N4OS/c1-17-7-11(13-12(8-17)16-9-18(13)2)14(19)15-6-10-4-3-5-20-10/h3-5,9,11H,6-8H2,1-2H3,(H,15,19)/t11-/m1/s1. The van der Waals surface area contributed by atoms with Crippen molar-refractivity contribution in [1.29, 1.82) is 0 Å². The van der Waals surface area contributed by atoms with Crippen molar-refractivity contribution in [2.75, 3.05) is 13.6 Å². The summed E-state index contributed by atoms with van der Waals surface area (Å²) >= 11 is 1.66. The second-order valence-electron chi connectivity index (χ2n) is 5.23. The zero-order valence-corrected chi connectivity index (χ0v) is 12.5. The van der Waals surface area contributed by atoms with E-state index in [-0.39, 0.29) is 11.8 Å². The molecule has 0 aromatic carbocycles. The minimum Gasteiger partial charge on any atom is -0.351 e. The molecule has 2 aromatic heterocycles. The lowest BCUT2D eigenvalue weighted by Gasteiger charge is -2.29. The first-order valence-electron chi connectivity index (χ1n) is 6.64. The molecule has 0 bridgehead atoms. The highest BCUT2D eigenvalue weighted by Crippen LogP contribution is 2.26. The molecule has 6 heteroatoms. The Balaban J connectivity index is 1.75. The van der Waals surface area contributed by atoms with Gasteiger partial charge in [0.15, 0.2) is 0 Å². The SMILES string of the molecule is CN1Cc2ncn(C)c2[C@H](C(=O)NCc2cccs2)C1. The number of aryl methyl sites for hydroxylation is 1. The Morgan fingerprint density at radius 1 is 1.55 bits per heavy atom. The number of rotatable bonds is 3. The quantitative estimate of drug-likeness (QED) is 0.928. The first-order chi connectivity index (χ1) is 9.65. The van der Waals surface area contributed by atoms with E-state index in [1.165, 1.54) is 4.88 Å². The summed E-state index contributed by atoms with van der Waals surface area (Å²) in [5.41, 5.74) is 2.06. The highest BCUT2D eigenvalue weighted by molar-refractivity contribution is 7.09. The molecule has 2 aromatic rings. The molecule has 1 amide bonds. The van der Waals surface area contributed by atoms with Gasteiger partial charge in [0.2, 0.25) is 5.91 Å². The van der Waals surface area contributed by atoms with Gasteiger partial charge in [0.05, 0.1) is 30.2 Å². The number of hydrogen-bond acceptors (Lipinski definition) is 4. The van der Waals surface area contributed by atoms with Gasteiger partial charge in [-0.15, -0.1) is 11.3 Å². The van der Waals surface area contributed by atoms with Crippen LogP contribution in [0.2, 0.25) is 0 Å². The van der Waals surface area contributed by atoms with Crippen LogP contribution in [0.1, 0.15) is 22.2 Å². The average Bonchev–Trinajstić information content (AvgIpc) is 3.05. The number of thiophene rings is 1. The maximum absolute atomic E-state index is 12.5. The van der Waals surface area contributed by atoms with Crippen molar-refractivity contribution in [3.8, 4) is 0 Å². The summed E-state index contributed by atoms with van der Waals surface area (Å²) in [6.07, 6.45) is 1.80. The van der Waals surface area contributed by atoms with Crippen LogP contribution in [0.5, 0.6) is 0 Å². The highest BCUT2D eigenvalue weighted by Gasteiger charge is 2.32. The molecule has 106 valence electrons. The van der Waals surface area contributed by atoms with Crippen molar-refractivity contribution in [3.05, 3.63) is 40.1 Å². The fraction of sp³-hybridized carbons (Fsp3) is 0.429. The molecule has 0 fully saturated rings. The number of nitrogens with one attached hydrogen (secondary N) is 1. The van der Waals surface area contributed by atoms with Crippen LogP contribution in [0.25, 0.3) is 0 Å². The Labute approximate surface area is 122 Å². The predicted octanol–water partition coefficient (Wildman–Crippen LogP) is 1.33. The van der Waals surface area contributed by atoms with Crippen molar-refractivity contribution in [3.63, 3.8) is 0 Å². The van der Waals surface area contributed by atoms with Gasteiger partial charge < -0.3 is 9.88 Å². The first-order valence-corrected chi connectivity index (χ1v) is 7.52. The van der Waals surface area contributed by atoms with E-state index >= 15 is 0 Å². The van der Waals surface area contributed by atoms with E-state index in [0.717, 1.165) is 24.5 Å². The van der Waals surface area contributed by atoms with Crippen LogP contribution in [0.4, 0.5) is 0 Å². The summed E-state index contributed by atoms with van der Waals surface area (Å²) in [7, 11) is 3.98. The van der Waals surface area contributed by atoms with E-state index < -0.39 is 0 Å². The van der Waals surface area contributed by atoms with Crippen molar-refractivity contribution >= 4 is 17.2 Å². The molecule has 0 aliphatic carbocycles. The summed E-state index contributed by atoms with van der Waals surface area (Å²) in [6.45, 7) is 2.15. The van der Waals surface area contributed by atoms with Gasteiger partial charge in [-0.2, -0.15) is 0 Å². The Morgan fingerprint density at radius 3 is 3.15 bits per heavy atom. The zero-order valence-electron chi connectivity index (χ0n) is 11.7. The molecule has 1 aliphatic heterocycles. The molecule has 0 radical (unpaired) electrons. The number of hydrogen-bond donors (Lipinski definition) is 1. The molecule has 5 nitrogen and oxygen atoms in total. The number of carbonyl (C=O) groups is 1. The van der Waals surface area contributed by atoms with Gasteiger partial charge in [0, 0.05) is 25.0 Å². The van der Waals surface area contributed by atoms with E-state index in [0.29, 0.717) is 6.54 Å². The first kappa shape index (κ1) is 13.3. The second-order valence-corrected chi connectivity index (χ2v) is 6.27. The maximum atomic E-state index is 12.5. The van der Waals surface area contributed by atoms with Gasteiger partial charge in [-0.3, -0.25) is 9.69 Å². The summed E-state index contributed by atoms with van der Waals surface area (Å²) < 4.78 is 1.97. The highest BCUT2D eigenvalue weighted by atomic mass is 32.1. The predicted molar refractivity (Wildman–Crippen MR) is 78.4 cm³/mol. The molecule has 0 saturated heterocycles. The van der Waals surface area contributed by atoms with Gasteiger partial charge in [-0.25, -0.2) is 4.98 Å². The summed E-state index contributed by atoms with van der Waals surface area (Å²) in [5.74, 6) is -0.0639. The Kier molecular flexibility index (Phi) is 3.58. The number of amides is 1. The molecule has 0 unspecified atom stereocenters. The fourth-order valence-corrected chi connectivity index (χ4v) is 3.34. The Morgan fingerprint density at radius 2 is 2.40 bits per heavy atom. The second kappa shape index (κ2) is 5.38. The monoisotopic (exact) mass is 290 g/mol. The molecule has 20 heavy (non-hydrogen) atoms. The summed E-state index contributed by atoms with van der Waals surface area (Å²) in [4.78, 5) is 20.2. The van der Waals surface area contributed by atoms with Crippen LogP contribution in [-0.4, -0.2) is 34.0 Å². The molecule has 0 saturated carbocycles. The molecular weight excluding hydrogens is 272 g/mol. The van der Waals surface area contributed by atoms with E-state index in [2.05, 4.69) is 15.2 Å². The van der Waals surface area contributed by atoms with Gasteiger partial charge in [-0.05, 0) is 18.5 Å². The lowest BCUT2D eigenvalue weighted by Crippen LogP contribution is -2.40. The normalized spacial score (nSPS) is 18.8. The van der Waals surface area contributed by atoms with Crippen molar-refractivity contribution in [1.82, 2.24) is 19.8 Å². The number of imidazole rings is 1. The Hall–Kier alpha value is -1.66. The van der Waals surface area contributed by atoms with Gasteiger partial charge in [0.1, 0.15) is 0 Å². The van der Waals surface area contributed by atoms with Crippen molar-refractivity contribution in [2.45, 2.75) is 19.0 Å². The smallest absolute Gasteiger partial charge is 0.230 e. The van der Waals surface area contributed by atoms with Gasteiger partial charge in [0.25, 0.3) is 0 Å². The topological polar surface area (TPSA) is 50.2 Å². The average molecular weight is 290 g/mol. The summed E-state index contributed by atoms with van der Waals surface area (Å²) in [6, 6.07) is 4.03. The minimum absolute atomic E-state index is 0.0785. The van der Waals surface area contributed by atoms with Crippen molar-refractivity contribution in [2.24, 2.45) is 7.05 Å². The van der Waals surface area contributed by atoms with Crippen LogP contribution in [0, 0.1) is 0 Å². The third-order valence-electron chi connectivity index (χ3n) is 3.64. The number of fused-ring (bicyclic) bond motifs is 1. The molecule has 1 aliphatic rings. The number of carbonyl (C=O) groups excluding carboxylic acids is 1. The van der Waals surface area contributed by atoms with E-state index in [4.69, 9.17) is 0 Å². The lowest BCUT2D eigenvalue weighted by molar-refractivity contribution is -0.123. The third-order valence-corrected chi connectivity index (χ3v) is 4.52. The van der Waals surface area contributed by atoms with E-state index in [1.54, 1.807) is 17.7 Å². The van der Waals surface area contributed by atoms with Crippen LogP contribution >= 0.6 is 11.3 Å². The van der Waals surface area contributed by atoms with Gasteiger partial charge >= 0.3 is 0 Å². The largest absolute Gasteiger partial charge is 0.351 e. The Bertz CT molecular complexity index is 605. The zero-order chi connectivity index (χ0) is 14.1. The molecule has 3 heterocycles. The molecule has 1 atom stereocenters. The minimum atomic E-state index is -0.142. The van der Waals surface area contributed by atoms with E-state index in [1.807, 2.05) is 36.2 Å². The van der Waals surface area contributed by atoms with Crippen molar-refractivity contribution < 1.29 is 4.79 Å². The van der Waals surface area contributed by atoms with Gasteiger partial charge in [-0.1, -0.05) is 6.07 Å². The number of nitrogens with zero attached hydrogens (tertiary/aromatic N) is 3. The van der Waals surface area contributed by atoms with Crippen LogP contribution < -0.4 is 5.32 Å². The molecule has 3 rings (SSSR count). The lowest BCUT2D eigenvalue weighted by atomic mass is 9.97. The van der Waals surface area contributed by atoms with Crippen LogP contribution in [-0.2, 0) is 24.9 Å². The third kappa shape index (κ3) is 2.48. The maximum Gasteiger partial charge on any atom is 0.230 e. The van der Waals surface area contributed by atoms with Crippen LogP contribution in [0.15, 0.2) is 23.8 Å². The van der Waals surface area contributed by atoms with E-state index in [9.17, 15) is 4.79 Å². The fourth-order valence-electron chi connectivity index (χ4n) is 2.69. The molecular formula is C14H18N4OS.